The molecule has 1 aromatic rings. The molecule has 0 spiro atoms. The van der Waals surface area contributed by atoms with Gasteiger partial charge in [0.15, 0.2) is 0 Å². The first kappa shape index (κ1) is 17.1. The van der Waals surface area contributed by atoms with Crippen molar-refractivity contribution in [1.82, 2.24) is 4.72 Å². The summed E-state index contributed by atoms with van der Waals surface area (Å²) in [7, 11) is -3.98. The van der Waals surface area contributed by atoms with Crippen LogP contribution in [0.15, 0.2) is 29.2 Å². The molecule has 0 aromatic heterocycles. The van der Waals surface area contributed by atoms with Crippen LogP contribution in [0.5, 0.6) is 0 Å². The van der Waals surface area contributed by atoms with E-state index >= 15 is 0 Å². The molecule has 6 nitrogen and oxygen atoms in total. The number of carbonyl (C=O) groups is 1. The van der Waals surface area contributed by atoms with Gasteiger partial charge in [-0.1, -0.05) is 12.1 Å². The van der Waals surface area contributed by atoms with Gasteiger partial charge in [0.05, 0.1) is 10.5 Å². The number of nitriles is 1. The minimum absolute atomic E-state index is 0.0152. The number of carbonyl (C=O) groups excluding carboxylic acids is 1. The fourth-order valence-corrected chi connectivity index (χ4v) is 2.88. The first-order valence-electron chi connectivity index (χ1n) is 6.31. The van der Waals surface area contributed by atoms with E-state index in [0.717, 1.165) is 0 Å². The molecule has 0 heterocycles. The Kier molecular flexibility index (Phi) is 5.10. The van der Waals surface area contributed by atoms with E-state index in [4.69, 9.17) is 10.00 Å². The molecule has 0 aliphatic carbocycles. The number of rotatable bonds is 4. The molecule has 1 atom stereocenters. The third-order valence-electron chi connectivity index (χ3n) is 2.39. The van der Waals surface area contributed by atoms with Crippen LogP contribution in [-0.4, -0.2) is 26.0 Å². The Labute approximate surface area is 124 Å². The molecule has 0 radical (unpaired) electrons. The lowest BCUT2D eigenvalue weighted by atomic mass is 10.2. The lowest BCUT2D eigenvalue weighted by Gasteiger charge is -2.22. The second-order valence-electron chi connectivity index (χ2n) is 5.48. The average Bonchev–Trinajstić information content (AvgIpc) is 2.36. The van der Waals surface area contributed by atoms with Crippen molar-refractivity contribution in [3.8, 4) is 6.07 Å². The second kappa shape index (κ2) is 6.24. The number of nitrogens with zero attached hydrogens (tertiary/aromatic N) is 1. The van der Waals surface area contributed by atoms with E-state index in [2.05, 4.69) is 4.72 Å². The van der Waals surface area contributed by atoms with Gasteiger partial charge in [-0.2, -0.15) is 9.98 Å². The first-order chi connectivity index (χ1) is 9.57. The van der Waals surface area contributed by atoms with Gasteiger partial charge in [-0.25, -0.2) is 8.42 Å². The van der Waals surface area contributed by atoms with Crippen LogP contribution in [0.25, 0.3) is 0 Å². The minimum atomic E-state index is -3.98. The van der Waals surface area contributed by atoms with Crippen LogP contribution < -0.4 is 4.72 Å². The number of hydrogen-bond donors (Lipinski definition) is 1. The van der Waals surface area contributed by atoms with Gasteiger partial charge in [-0.3, -0.25) is 4.79 Å². The van der Waals surface area contributed by atoms with E-state index in [1.165, 1.54) is 25.1 Å². The third-order valence-corrected chi connectivity index (χ3v) is 3.99. The molecule has 0 unspecified atom stereocenters. The van der Waals surface area contributed by atoms with Gasteiger partial charge in [0.2, 0.25) is 10.0 Å². The van der Waals surface area contributed by atoms with Crippen molar-refractivity contribution < 1.29 is 17.9 Å². The summed E-state index contributed by atoms with van der Waals surface area (Å²) < 4.78 is 31.8. The summed E-state index contributed by atoms with van der Waals surface area (Å²) in [6.45, 7) is 6.46. The number of ether oxygens (including phenoxy) is 1. The fraction of sp³-hybridized carbons (Fsp3) is 0.429. The van der Waals surface area contributed by atoms with Gasteiger partial charge in [-0.05, 0) is 39.8 Å². The molecule has 1 aromatic carbocycles. The summed E-state index contributed by atoms with van der Waals surface area (Å²) in [6.07, 6.45) is 0. The highest BCUT2D eigenvalue weighted by molar-refractivity contribution is 7.89. The normalized spacial score (nSPS) is 13.3. The Morgan fingerprint density at radius 2 is 1.90 bits per heavy atom. The van der Waals surface area contributed by atoms with E-state index < -0.39 is 27.6 Å². The average molecular weight is 310 g/mol. The quantitative estimate of drug-likeness (QED) is 0.851. The highest BCUT2D eigenvalue weighted by Crippen LogP contribution is 2.15. The van der Waals surface area contributed by atoms with Gasteiger partial charge >= 0.3 is 5.97 Å². The molecule has 114 valence electrons. The van der Waals surface area contributed by atoms with Crippen LogP contribution in [0.4, 0.5) is 0 Å². The number of esters is 1. The molecule has 0 bridgehead atoms. The van der Waals surface area contributed by atoms with Crippen LogP contribution in [0.2, 0.25) is 0 Å². The monoisotopic (exact) mass is 310 g/mol. The molecule has 1 N–H and O–H groups in total. The van der Waals surface area contributed by atoms with Gasteiger partial charge in [0, 0.05) is 0 Å². The zero-order valence-corrected chi connectivity index (χ0v) is 13.2. The lowest BCUT2D eigenvalue weighted by molar-refractivity contribution is -0.156. The Morgan fingerprint density at radius 1 is 1.33 bits per heavy atom. The van der Waals surface area contributed by atoms with E-state index in [1.807, 2.05) is 6.07 Å². The highest BCUT2D eigenvalue weighted by Gasteiger charge is 2.27. The SMILES string of the molecule is C[C@@H](NS(=O)(=O)c1ccccc1C#N)C(=O)OC(C)(C)C. The van der Waals surface area contributed by atoms with Gasteiger partial charge in [-0.15, -0.1) is 0 Å². The number of hydrogen-bond acceptors (Lipinski definition) is 5. The number of benzene rings is 1. The van der Waals surface area contributed by atoms with Crippen molar-refractivity contribution in [2.24, 2.45) is 0 Å². The molecule has 0 amide bonds. The predicted molar refractivity (Wildman–Crippen MR) is 76.8 cm³/mol. The Hall–Kier alpha value is -1.91. The molecule has 1 rings (SSSR count). The summed E-state index contributed by atoms with van der Waals surface area (Å²) in [6, 6.07) is 6.53. The van der Waals surface area contributed by atoms with Crippen molar-refractivity contribution >= 4 is 16.0 Å². The van der Waals surface area contributed by atoms with Gasteiger partial charge < -0.3 is 4.74 Å². The van der Waals surface area contributed by atoms with Gasteiger partial charge in [0.25, 0.3) is 0 Å². The Balaban J connectivity index is 2.96. The molecule has 0 saturated heterocycles. The minimum Gasteiger partial charge on any atom is -0.459 e. The standard InChI is InChI=1S/C14H18N2O4S/c1-10(13(17)20-14(2,3)4)16-21(18,19)12-8-6-5-7-11(12)9-15/h5-8,10,16H,1-4H3/t10-/m1/s1. The molecule has 0 fully saturated rings. The van der Waals surface area contributed by atoms with Gasteiger partial charge in [0.1, 0.15) is 17.7 Å². The summed E-state index contributed by atoms with van der Waals surface area (Å²) in [5.74, 6) is -0.680. The zero-order chi connectivity index (χ0) is 16.3. The molecular formula is C14H18N2O4S. The maximum absolute atomic E-state index is 12.2. The van der Waals surface area contributed by atoms with Crippen molar-refractivity contribution in [3.63, 3.8) is 0 Å². The smallest absolute Gasteiger partial charge is 0.324 e. The van der Waals surface area contributed by atoms with E-state index in [1.54, 1.807) is 26.8 Å². The molecule has 21 heavy (non-hydrogen) atoms. The summed E-state index contributed by atoms with van der Waals surface area (Å²) >= 11 is 0. The number of sulfonamides is 1. The summed E-state index contributed by atoms with van der Waals surface area (Å²) in [5.41, 5.74) is -0.692. The molecule has 0 aliphatic heterocycles. The topological polar surface area (TPSA) is 96.3 Å². The van der Waals surface area contributed by atoms with Crippen LogP contribution in [0, 0.1) is 11.3 Å². The first-order valence-corrected chi connectivity index (χ1v) is 7.79. The Bertz CT molecular complexity index is 669. The van der Waals surface area contributed by atoms with E-state index in [9.17, 15) is 13.2 Å². The van der Waals surface area contributed by atoms with Crippen molar-refractivity contribution in [3.05, 3.63) is 29.8 Å². The van der Waals surface area contributed by atoms with Crippen LogP contribution in [0.3, 0.4) is 0 Å². The maximum Gasteiger partial charge on any atom is 0.324 e. The summed E-state index contributed by atoms with van der Waals surface area (Å²) in [5, 5.41) is 8.94. The van der Waals surface area contributed by atoms with E-state index in [0.29, 0.717) is 0 Å². The maximum atomic E-state index is 12.2. The largest absolute Gasteiger partial charge is 0.459 e. The second-order valence-corrected chi connectivity index (χ2v) is 7.17. The molecular weight excluding hydrogens is 292 g/mol. The van der Waals surface area contributed by atoms with Crippen molar-refractivity contribution in [2.75, 3.05) is 0 Å². The molecule has 7 heteroatoms. The van der Waals surface area contributed by atoms with Crippen molar-refractivity contribution in [1.29, 1.82) is 5.26 Å². The van der Waals surface area contributed by atoms with E-state index in [-0.39, 0.29) is 10.5 Å². The van der Waals surface area contributed by atoms with Crippen LogP contribution in [-0.2, 0) is 19.6 Å². The lowest BCUT2D eigenvalue weighted by Crippen LogP contribution is -2.42. The highest BCUT2D eigenvalue weighted by atomic mass is 32.2. The van der Waals surface area contributed by atoms with Crippen molar-refractivity contribution in [2.45, 2.75) is 44.2 Å². The zero-order valence-electron chi connectivity index (χ0n) is 12.4. The predicted octanol–water partition coefficient (Wildman–Crippen LogP) is 1.57. The fourth-order valence-electron chi connectivity index (χ4n) is 1.53. The van der Waals surface area contributed by atoms with Crippen LogP contribution in [0.1, 0.15) is 33.3 Å². The van der Waals surface area contributed by atoms with Crippen LogP contribution >= 0.6 is 0 Å². The molecule has 0 saturated carbocycles. The third kappa shape index (κ3) is 4.85. The molecule has 0 aliphatic rings. The Morgan fingerprint density at radius 3 is 2.43 bits per heavy atom. The number of nitrogens with one attached hydrogen (secondary N) is 1. The summed E-state index contributed by atoms with van der Waals surface area (Å²) in [4.78, 5) is 11.6.